The highest BCUT2D eigenvalue weighted by molar-refractivity contribution is 7.19. The minimum atomic E-state index is -1.10. The Hall–Kier alpha value is -1.47. The van der Waals surface area contributed by atoms with Crippen molar-refractivity contribution in [3.05, 3.63) is 4.34 Å². The van der Waals surface area contributed by atoms with Gasteiger partial charge in [0.25, 0.3) is 5.88 Å². The van der Waals surface area contributed by atoms with Crippen LogP contribution < -0.4 is 10.1 Å². The van der Waals surface area contributed by atoms with Crippen LogP contribution in [-0.4, -0.2) is 23.6 Å². The molecule has 8 heteroatoms. The van der Waals surface area contributed by atoms with Gasteiger partial charge in [0, 0.05) is 0 Å². The predicted octanol–water partition coefficient (Wildman–Crippen LogP) is 0.469. The molecule has 1 heterocycles. The molecule has 1 aromatic rings. The molecule has 1 aromatic heterocycles. The van der Waals surface area contributed by atoms with Crippen molar-refractivity contribution < 1.29 is 19.1 Å². The molecule has 0 radical (unpaired) electrons. The van der Waals surface area contributed by atoms with Crippen molar-refractivity contribution in [2.75, 3.05) is 5.32 Å². The molecule has 0 aliphatic heterocycles. The number of hydrogen-bond acceptors (Lipinski definition) is 6. The Balaban J connectivity index is 2.81. The summed E-state index contributed by atoms with van der Waals surface area (Å²) in [6.45, 7) is 0. The molecule has 0 aliphatic carbocycles. The van der Waals surface area contributed by atoms with E-state index in [2.05, 4.69) is 15.0 Å². The lowest BCUT2D eigenvalue weighted by atomic mass is 10.7. The van der Waals surface area contributed by atoms with Crippen LogP contribution in [0.25, 0.3) is 0 Å². The second-order valence-electron chi connectivity index (χ2n) is 1.90. The van der Waals surface area contributed by atoms with E-state index in [1.165, 1.54) is 0 Å². The molecule has 1 amide bonds. The summed E-state index contributed by atoms with van der Waals surface area (Å²) in [6.07, 6.45) is 0.392. The summed E-state index contributed by atoms with van der Waals surface area (Å²) in [5.41, 5.74) is 0. The quantitative estimate of drug-likeness (QED) is 0.465. The second-order valence-corrected chi connectivity index (χ2v) is 3.50. The average molecular weight is 235 g/mol. The number of esters is 1. The number of hydrogen-bond donors (Lipinski definition) is 1. The number of amides is 1. The molecular weight excluding hydrogens is 232 g/mol. The summed E-state index contributed by atoms with van der Waals surface area (Å²) in [5.74, 6) is -1.30. The maximum absolute atomic E-state index is 10.5. The van der Waals surface area contributed by atoms with Crippen molar-refractivity contribution in [2.45, 2.75) is 0 Å². The van der Waals surface area contributed by atoms with E-state index in [4.69, 9.17) is 11.6 Å². The second kappa shape index (κ2) is 4.68. The van der Waals surface area contributed by atoms with Gasteiger partial charge in [0.1, 0.15) is 0 Å². The van der Waals surface area contributed by atoms with Crippen LogP contribution in [0, 0.1) is 0 Å². The highest BCUT2D eigenvalue weighted by Gasteiger charge is 2.13. The predicted molar refractivity (Wildman–Crippen MR) is 48.5 cm³/mol. The number of aldehydes is 1. The Morgan fingerprint density at radius 2 is 2.29 bits per heavy atom. The van der Waals surface area contributed by atoms with Crippen LogP contribution in [0.3, 0.4) is 0 Å². The number of thiazole rings is 1. The Labute approximate surface area is 86.8 Å². The first-order valence-corrected chi connectivity index (χ1v) is 4.40. The standard InChI is InChI=1S/C6H3ClN2O4S/c7-4-5(13-3(12)1-10)9-6(14-4)8-2-11/h1-2H,(H,8,9,11). The SMILES string of the molecule is O=CNc1nc(OC(=O)C=O)c(Cl)s1. The normalized spacial score (nSPS) is 9.21. The van der Waals surface area contributed by atoms with Crippen LogP contribution in [0.1, 0.15) is 0 Å². The van der Waals surface area contributed by atoms with Crippen molar-refractivity contribution in [1.29, 1.82) is 0 Å². The summed E-state index contributed by atoms with van der Waals surface area (Å²) in [5, 5.41) is 2.40. The van der Waals surface area contributed by atoms with Crippen LogP contribution >= 0.6 is 22.9 Å². The maximum atomic E-state index is 10.5. The van der Waals surface area contributed by atoms with Gasteiger partial charge in [-0.05, 0) is 0 Å². The zero-order chi connectivity index (χ0) is 10.6. The zero-order valence-electron chi connectivity index (χ0n) is 6.52. The fraction of sp³-hybridized carbons (Fsp3) is 0. The molecule has 1 N–H and O–H groups in total. The Morgan fingerprint density at radius 1 is 1.57 bits per heavy atom. The van der Waals surface area contributed by atoms with Gasteiger partial charge in [-0.15, -0.1) is 0 Å². The maximum Gasteiger partial charge on any atom is 0.378 e. The van der Waals surface area contributed by atoms with Crippen molar-refractivity contribution in [3.63, 3.8) is 0 Å². The van der Waals surface area contributed by atoms with Crippen LogP contribution in [0.15, 0.2) is 0 Å². The summed E-state index contributed by atoms with van der Waals surface area (Å²) < 4.78 is 4.50. The van der Waals surface area contributed by atoms with Gasteiger partial charge in [0.2, 0.25) is 12.7 Å². The molecule has 0 saturated carbocycles. The Kier molecular flexibility index (Phi) is 3.55. The third-order valence-corrected chi connectivity index (χ3v) is 2.18. The first-order chi connectivity index (χ1) is 6.67. The molecule has 0 saturated heterocycles. The van der Waals surface area contributed by atoms with Crippen molar-refractivity contribution in [1.82, 2.24) is 4.98 Å². The first-order valence-electron chi connectivity index (χ1n) is 3.21. The van der Waals surface area contributed by atoms with E-state index in [-0.39, 0.29) is 21.6 Å². The molecule has 1 rings (SSSR count). The largest absolute Gasteiger partial charge is 0.399 e. The molecule has 74 valence electrons. The monoisotopic (exact) mass is 234 g/mol. The number of carbonyl (C=O) groups is 3. The molecule has 6 nitrogen and oxygen atoms in total. The van der Waals surface area contributed by atoms with E-state index in [1.54, 1.807) is 0 Å². The summed E-state index contributed by atoms with van der Waals surface area (Å²) in [7, 11) is 0. The van der Waals surface area contributed by atoms with Crippen molar-refractivity contribution >= 4 is 46.7 Å². The van der Waals surface area contributed by atoms with Gasteiger partial charge >= 0.3 is 5.97 Å². The van der Waals surface area contributed by atoms with E-state index in [9.17, 15) is 14.4 Å². The highest BCUT2D eigenvalue weighted by atomic mass is 35.5. The van der Waals surface area contributed by atoms with Gasteiger partial charge in [-0.1, -0.05) is 22.9 Å². The van der Waals surface area contributed by atoms with Crippen LogP contribution in [0.4, 0.5) is 5.13 Å². The number of anilines is 1. The first kappa shape index (κ1) is 10.6. The van der Waals surface area contributed by atoms with Crippen molar-refractivity contribution in [3.8, 4) is 5.88 Å². The summed E-state index contributed by atoms with van der Waals surface area (Å²) >= 11 is 6.50. The summed E-state index contributed by atoms with van der Waals surface area (Å²) in [6, 6.07) is 0. The molecular formula is C6H3ClN2O4S. The van der Waals surface area contributed by atoms with Gasteiger partial charge in [-0.2, -0.15) is 4.98 Å². The topological polar surface area (TPSA) is 85.4 Å². The van der Waals surface area contributed by atoms with Gasteiger partial charge in [-0.3, -0.25) is 9.59 Å². The number of halogens is 1. The molecule has 0 fully saturated rings. The van der Waals surface area contributed by atoms with E-state index >= 15 is 0 Å². The number of carbonyl (C=O) groups excluding carboxylic acids is 3. The Morgan fingerprint density at radius 3 is 2.86 bits per heavy atom. The van der Waals surface area contributed by atoms with Crippen molar-refractivity contribution in [2.24, 2.45) is 0 Å². The fourth-order valence-electron chi connectivity index (χ4n) is 0.582. The lowest BCUT2D eigenvalue weighted by Gasteiger charge is -1.93. The number of nitrogens with one attached hydrogen (secondary N) is 1. The molecule has 0 unspecified atom stereocenters. The van der Waals surface area contributed by atoms with E-state index < -0.39 is 5.97 Å². The molecule has 0 spiro atoms. The molecule has 0 aromatic carbocycles. The Bertz CT molecular complexity index is 378. The smallest absolute Gasteiger partial charge is 0.378 e. The van der Waals surface area contributed by atoms with E-state index in [1.807, 2.05) is 0 Å². The van der Waals surface area contributed by atoms with Gasteiger partial charge < -0.3 is 10.1 Å². The van der Waals surface area contributed by atoms with E-state index in [0.29, 0.717) is 6.41 Å². The lowest BCUT2D eigenvalue weighted by Crippen LogP contribution is -2.09. The van der Waals surface area contributed by atoms with Crippen LogP contribution in [-0.2, 0) is 14.4 Å². The van der Waals surface area contributed by atoms with Gasteiger partial charge in [0.05, 0.1) is 0 Å². The molecule has 0 bridgehead atoms. The van der Waals surface area contributed by atoms with Crippen LogP contribution in [0.2, 0.25) is 4.34 Å². The molecule has 0 atom stereocenters. The fourth-order valence-corrected chi connectivity index (χ4v) is 1.46. The third-order valence-electron chi connectivity index (χ3n) is 1.03. The zero-order valence-corrected chi connectivity index (χ0v) is 8.09. The van der Waals surface area contributed by atoms with Crippen LogP contribution in [0.5, 0.6) is 5.88 Å². The number of ether oxygens (including phenoxy) is 1. The molecule has 0 aliphatic rings. The summed E-state index contributed by atoms with van der Waals surface area (Å²) in [4.78, 5) is 34.1. The minimum Gasteiger partial charge on any atom is -0.399 e. The highest BCUT2D eigenvalue weighted by Crippen LogP contribution is 2.33. The number of aromatic nitrogens is 1. The van der Waals surface area contributed by atoms with Gasteiger partial charge in [0.15, 0.2) is 9.47 Å². The average Bonchev–Trinajstić information content (AvgIpc) is 2.47. The lowest BCUT2D eigenvalue weighted by molar-refractivity contribution is -0.141. The van der Waals surface area contributed by atoms with Gasteiger partial charge in [-0.25, -0.2) is 4.79 Å². The minimum absolute atomic E-state index is 0.0114. The number of nitrogens with zero attached hydrogens (tertiary/aromatic N) is 1. The van der Waals surface area contributed by atoms with E-state index in [0.717, 1.165) is 11.3 Å². The number of rotatable bonds is 4. The third kappa shape index (κ3) is 2.51. The molecule has 14 heavy (non-hydrogen) atoms.